The summed E-state index contributed by atoms with van der Waals surface area (Å²) in [4.78, 5) is 25.9. The highest BCUT2D eigenvalue weighted by Crippen LogP contribution is 1.94. The van der Waals surface area contributed by atoms with Gasteiger partial charge in [-0.25, -0.2) is 0 Å². The van der Waals surface area contributed by atoms with Gasteiger partial charge in [-0.2, -0.15) is 0 Å². The minimum absolute atomic E-state index is 0.0173. The van der Waals surface area contributed by atoms with Gasteiger partial charge in [0.1, 0.15) is 18.7 Å². The first-order chi connectivity index (χ1) is 5.56. The molecule has 0 heterocycles. The Labute approximate surface area is 71.6 Å². The standard InChI is InChI=1S/C8H13NO3/c1-6(9-12-3)4-8(11)5-7(2)10/h4-5H2,1-3H3/b9-6+. The summed E-state index contributed by atoms with van der Waals surface area (Å²) in [6.45, 7) is 3.07. The van der Waals surface area contributed by atoms with Crippen LogP contribution >= 0.6 is 0 Å². The smallest absolute Gasteiger partial charge is 0.145 e. The van der Waals surface area contributed by atoms with Crippen molar-refractivity contribution < 1.29 is 14.4 Å². The van der Waals surface area contributed by atoms with Gasteiger partial charge in [-0.15, -0.1) is 0 Å². The minimum Gasteiger partial charge on any atom is -0.399 e. The van der Waals surface area contributed by atoms with Crippen LogP contribution in [0.5, 0.6) is 0 Å². The molecule has 0 saturated heterocycles. The molecule has 0 amide bonds. The zero-order valence-corrected chi connectivity index (χ0v) is 7.59. The molecule has 0 atom stereocenters. The fraction of sp³-hybridized carbons (Fsp3) is 0.625. The van der Waals surface area contributed by atoms with Crippen LogP contribution in [0.25, 0.3) is 0 Å². The molecule has 0 unspecified atom stereocenters. The Morgan fingerprint density at radius 2 is 1.83 bits per heavy atom. The molecule has 0 aliphatic carbocycles. The van der Waals surface area contributed by atoms with Crippen LogP contribution in [0.15, 0.2) is 5.16 Å². The maximum Gasteiger partial charge on any atom is 0.145 e. The van der Waals surface area contributed by atoms with Crippen molar-refractivity contribution in [3.05, 3.63) is 0 Å². The lowest BCUT2D eigenvalue weighted by Crippen LogP contribution is -2.08. The van der Waals surface area contributed by atoms with Gasteiger partial charge in [0.15, 0.2) is 0 Å². The van der Waals surface area contributed by atoms with Crippen LogP contribution in [0.2, 0.25) is 0 Å². The Morgan fingerprint density at radius 3 is 2.25 bits per heavy atom. The van der Waals surface area contributed by atoms with Crippen LogP contribution in [-0.2, 0) is 14.4 Å². The quantitative estimate of drug-likeness (QED) is 0.351. The Hall–Kier alpha value is -1.19. The number of oxime groups is 1. The molecule has 68 valence electrons. The summed E-state index contributed by atoms with van der Waals surface area (Å²) in [5, 5.41) is 3.56. The van der Waals surface area contributed by atoms with Gasteiger partial charge in [-0.1, -0.05) is 5.16 Å². The van der Waals surface area contributed by atoms with Gasteiger partial charge in [0.05, 0.1) is 12.1 Å². The van der Waals surface area contributed by atoms with Crippen molar-refractivity contribution in [2.24, 2.45) is 5.16 Å². The molecule has 12 heavy (non-hydrogen) atoms. The van der Waals surface area contributed by atoms with Crippen molar-refractivity contribution in [2.45, 2.75) is 26.7 Å². The summed E-state index contributed by atoms with van der Waals surface area (Å²) in [6, 6.07) is 0. The largest absolute Gasteiger partial charge is 0.399 e. The van der Waals surface area contributed by atoms with Crippen LogP contribution in [0.1, 0.15) is 26.7 Å². The summed E-state index contributed by atoms with van der Waals surface area (Å²) in [5.74, 6) is -0.244. The van der Waals surface area contributed by atoms with Crippen molar-refractivity contribution >= 4 is 17.3 Å². The highest BCUT2D eigenvalue weighted by atomic mass is 16.6. The van der Waals surface area contributed by atoms with Crippen molar-refractivity contribution in [3.8, 4) is 0 Å². The van der Waals surface area contributed by atoms with Crippen LogP contribution in [-0.4, -0.2) is 24.4 Å². The van der Waals surface area contributed by atoms with E-state index in [1.54, 1.807) is 6.92 Å². The Morgan fingerprint density at radius 1 is 1.25 bits per heavy atom. The van der Waals surface area contributed by atoms with Crippen LogP contribution in [0.4, 0.5) is 0 Å². The van der Waals surface area contributed by atoms with E-state index in [9.17, 15) is 9.59 Å². The second kappa shape index (κ2) is 5.46. The fourth-order valence-corrected chi connectivity index (χ4v) is 0.814. The number of nitrogens with zero attached hydrogens (tertiary/aromatic N) is 1. The number of ketones is 2. The summed E-state index contributed by atoms with van der Waals surface area (Å²) in [5.41, 5.74) is 0.587. The molecule has 0 fully saturated rings. The molecule has 4 nitrogen and oxygen atoms in total. The van der Waals surface area contributed by atoms with Gasteiger partial charge in [-0.3, -0.25) is 9.59 Å². The highest BCUT2D eigenvalue weighted by Gasteiger charge is 2.06. The zero-order chi connectivity index (χ0) is 9.56. The van der Waals surface area contributed by atoms with Crippen molar-refractivity contribution in [2.75, 3.05) is 7.11 Å². The summed E-state index contributed by atoms with van der Waals surface area (Å²) < 4.78 is 0. The molecule has 0 saturated carbocycles. The van der Waals surface area contributed by atoms with Crippen molar-refractivity contribution in [1.29, 1.82) is 0 Å². The normalized spacial score (nSPS) is 11.1. The predicted octanol–water partition coefficient (Wildman–Crippen LogP) is 0.947. The highest BCUT2D eigenvalue weighted by molar-refractivity contribution is 6.07. The van der Waals surface area contributed by atoms with E-state index in [1.165, 1.54) is 14.0 Å². The Kier molecular flexibility index (Phi) is 4.92. The monoisotopic (exact) mass is 171 g/mol. The Bertz CT molecular complexity index is 208. The molecule has 0 rings (SSSR count). The average molecular weight is 171 g/mol. The summed E-state index contributed by atoms with van der Waals surface area (Å²) in [7, 11) is 1.42. The third kappa shape index (κ3) is 5.58. The van der Waals surface area contributed by atoms with Gasteiger partial charge in [-0.05, 0) is 13.8 Å². The predicted molar refractivity (Wildman–Crippen MR) is 45.0 cm³/mol. The van der Waals surface area contributed by atoms with E-state index in [-0.39, 0.29) is 24.4 Å². The van der Waals surface area contributed by atoms with E-state index in [0.717, 1.165) is 0 Å². The van der Waals surface area contributed by atoms with Gasteiger partial charge in [0, 0.05) is 6.42 Å². The molecule has 0 bridgehead atoms. The SMILES string of the molecule is CO/N=C(\C)CC(=O)CC(C)=O. The van der Waals surface area contributed by atoms with E-state index in [2.05, 4.69) is 9.99 Å². The van der Waals surface area contributed by atoms with Crippen LogP contribution in [0, 0.1) is 0 Å². The number of hydrogen-bond acceptors (Lipinski definition) is 4. The van der Waals surface area contributed by atoms with E-state index >= 15 is 0 Å². The second-order valence-electron chi connectivity index (χ2n) is 2.60. The topological polar surface area (TPSA) is 55.7 Å². The zero-order valence-electron chi connectivity index (χ0n) is 7.59. The lowest BCUT2D eigenvalue weighted by molar-refractivity contribution is -0.125. The molecule has 4 heteroatoms. The first-order valence-electron chi connectivity index (χ1n) is 3.64. The van der Waals surface area contributed by atoms with E-state index in [0.29, 0.717) is 5.71 Å². The molecule has 0 N–H and O–H groups in total. The maximum absolute atomic E-state index is 11.0. The fourth-order valence-electron chi connectivity index (χ4n) is 0.814. The molecule has 0 aromatic heterocycles. The molecular weight excluding hydrogens is 158 g/mol. The third-order valence-electron chi connectivity index (χ3n) is 1.15. The molecule has 0 aliphatic rings. The molecule has 0 radical (unpaired) electrons. The van der Waals surface area contributed by atoms with Gasteiger partial charge >= 0.3 is 0 Å². The molecule has 0 aliphatic heterocycles. The first kappa shape index (κ1) is 10.8. The van der Waals surface area contributed by atoms with E-state index in [4.69, 9.17) is 0 Å². The van der Waals surface area contributed by atoms with Gasteiger partial charge in [0.25, 0.3) is 0 Å². The Balaban J connectivity index is 3.84. The number of rotatable bonds is 5. The minimum atomic E-state index is -0.124. The second-order valence-corrected chi connectivity index (χ2v) is 2.60. The maximum atomic E-state index is 11.0. The lowest BCUT2D eigenvalue weighted by atomic mass is 10.1. The van der Waals surface area contributed by atoms with E-state index in [1.807, 2.05) is 0 Å². The summed E-state index contributed by atoms with van der Waals surface area (Å²) >= 11 is 0. The van der Waals surface area contributed by atoms with E-state index < -0.39 is 0 Å². The van der Waals surface area contributed by atoms with Crippen LogP contribution in [0.3, 0.4) is 0 Å². The van der Waals surface area contributed by atoms with Crippen molar-refractivity contribution in [1.82, 2.24) is 0 Å². The third-order valence-corrected chi connectivity index (χ3v) is 1.15. The number of carbonyl (C=O) groups is 2. The van der Waals surface area contributed by atoms with Gasteiger partial charge in [0.2, 0.25) is 0 Å². The van der Waals surface area contributed by atoms with Crippen LogP contribution < -0.4 is 0 Å². The average Bonchev–Trinajstić information content (AvgIpc) is 1.84. The van der Waals surface area contributed by atoms with Crippen molar-refractivity contribution in [3.63, 3.8) is 0 Å². The molecular formula is C8H13NO3. The lowest BCUT2D eigenvalue weighted by Gasteiger charge is -1.96. The molecule has 0 aromatic carbocycles. The summed E-state index contributed by atoms with van der Waals surface area (Å²) in [6.07, 6.45) is 0.171. The first-order valence-corrected chi connectivity index (χ1v) is 3.64. The number of hydrogen-bond donors (Lipinski definition) is 0. The molecule has 0 aromatic rings. The number of carbonyl (C=O) groups excluding carboxylic acids is 2. The molecule has 0 spiro atoms. The van der Waals surface area contributed by atoms with Gasteiger partial charge < -0.3 is 4.84 Å². The number of Topliss-reactive ketones (excluding diaryl/α,β-unsaturated/α-hetero) is 2.